The predicted octanol–water partition coefficient (Wildman–Crippen LogP) is 1.92. The molecular formula is C23H27N7O4. The normalized spacial score (nSPS) is 17.6. The number of anilines is 2. The molecule has 0 aromatic carbocycles. The molecule has 1 atom stereocenters. The Kier molecular flexibility index (Phi) is 5.68. The molecule has 2 aliphatic heterocycles. The summed E-state index contributed by atoms with van der Waals surface area (Å²) >= 11 is 0. The van der Waals surface area contributed by atoms with Crippen LogP contribution in [0.25, 0.3) is 0 Å². The molecule has 34 heavy (non-hydrogen) atoms. The number of hydrogen-bond donors (Lipinski definition) is 1. The molecule has 11 heteroatoms. The number of nitrogens with zero attached hydrogens (tertiary/aromatic N) is 6. The zero-order valence-corrected chi connectivity index (χ0v) is 19.4. The summed E-state index contributed by atoms with van der Waals surface area (Å²) in [6.45, 7) is 5.90. The van der Waals surface area contributed by atoms with Crippen LogP contribution in [0.5, 0.6) is 11.8 Å². The number of hydrogen-bond acceptors (Lipinski definition) is 10. The van der Waals surface area contributed by atoms with E-state index in [1.165, 1.54) is 6.33 Å². The molecule has 1 unspecified atom stereocenters. The topological polar surface area (TPSA) is 133 Å². The van der Waals surface area contributed by atoms with Crippen LogP contribution in [0.2, 0.25) is 0 Å². The van der Waals surface area contributed by atoms with Crippen LogP contribution in [0.4, 0.5) is 11.4 Å². The molecule has 1 fully saturated rings. The molecule has 0 bridgehead atoms. The van der Waals surface area contributed by atoms with E-state index >= 15 is 0 Å². The molecule has 1 amide bonds. The fourth-order valence-electron chi connectivity index (χ4n) is 4.48. The third kappa shape index (κ3) is 4.09. The van der Waals surface area contributed by atoms with Gasteiger partial charge >= 0.3 is 0 Å². The fourth-order valence-corrected chi connectivity index (χ4v) is 4.48. The number of fused-ring (bicyclic) bond motifs is 1. The molecule has 0 aliphatic carbocycles. The summed E-state index contributed by atoms with van der Waals surface area (Å²) in [5.74, 6) is 1.57. The highest BCUT2D eigenvalue weighted by Gasteiger charge is 2.32. The quantitative estimate of drug-likeness (QED) is 0.596. The minimum atomic E-state index is -0.166. The standard InChI is InChI=1S/C23H27N7O4/c1-13-20(33-14(2)28-13)23(31)30-6-4-16(10-30)34-21-17-11-29(7-5-19(17)26-12-27-21)15-8-18(24)22(32-3)25-9-15/h8-9,12,16H,4-7,10-11,24H2,1-3H3. The average Bonchev–Trinajstić information content (AvgIpc) is 3.44. The van der Waals surface area contributed by atoms with Crippen molar-refractivity contribution in [3.8, 4) is 11.8 Å². The number of nitrogens with two attached hydrogens (primary N) is 1. The zero-order valence-electron chi connectivity index (χ0n) is 19.4. The minimum absolute atomic E-state index is 0.162. The van der Waals surface area contributed by atoms with Crippen LogP contribution >= 0.6 is 0 Å². The van der Waals surface area contributed by atoms with Crippen molar-refractivity contribution in [1.29, 1.82) is 0 Å². The van der Waals surface area contributed by atoms with Crippen molar-refractivity contribution in [3.63, 3.8) is 0 Å². The lowest BCUT2D eigenvalue weighted by Gasteiger charge is -2.31. The number of pyridine rings is 1. The third-order valence-electron chi connectivity index (χ3n) is 6.19. The van der Waals surface area contributed by atoms with Crippen LogP contribution in [0.1, 0.15) is 39.8 Å². The Bertz CT molecular complexity index is 1230. The second-order valence-corrected chi connectivity index (χ2v) is 8.49. The number of aromatic nitrogens is 4. The van der Waals surface area contributed by atoms with Crippen LogP contribution < -0.4 is 20.1 Å². The molecule has 11 nitrogen and oxygen atoms in total. The van der Waals surface area contributed by atoms with E-state index in [0.717, 1.165) is 29.9 Å². The maximum absolute atomic E-state index is 12.9. The smallest absolute Gasteiger partial charge is 0.291 e. The van der Waals surface area contributed by atoms with E-state index in [2.05, 4.69) is 24.8 Å². The number of nitrogen functional groups attached to an aromatic ring is 1. The van der Waals surface area contributed by atoms with Gasteiger partial charge in [-0.15, -0.1) is 0 Å². The van der Waals surface area contributed by atoms with E-state index in [1.807, 2.05) is 6.07 Å². The Morgan fingerprint density at radius 3 is 2.79 bits per heavy atom. The zero-order chi connectivity index (χ0) is 23.8. The molecule has 0 saturated carbocycles. The van der Waals surface area contributed by atoms with E-state index in [4.69, 9.17) is 19.6 Å². The molecule has 2 aliphatic rings. The summed E-state index contributed by atoms with van der Waals surface area (Å²) < 4.78 is 17.0. The number of likely N-dealkylation sites (tertiary alicyclic amines) is 1. The summed E-state index contributed by atoms with van der Waals surface area (Å²) in [4.78, 5) is 34.1. The summed E-state index contributed by atoms with van der Waals surface area (Å²) in [5.41, 5.74) is 9.95. The van der Waals surface area contributed by atoms with E-state index in [1.54, 1.807) is 32.1 Å². The number of aryl methyl sites for hydroxylation is 2. The molecule has 2 N–H and O–H groups in total. The lowest BCUT2D eigenvalue weighted by Crippen LogP contribution is -2.33. The highest BCUT2D eigenvalue weighted by molar-refractivity contribution is 5.92. The highest BCUT2D eigenvalue weighted by Crippen LogP contribution is 2.31. The molecular weight excluding hydrogens is 438 g/mol. The predicted molar refractivity (Wildman–Crippen MR) is 123 cm³/mol. The fraction of sp³-hybridized carbons (Fsp3) is 0.435. The van der Waals surface area contributed by atoms with Gasteiger partial charge in [0.05, 0.1) is 54.7 Å². The van der Waals surface area contributed by atoms with Gasteiger partial charge in [-0.05, 0) is 13.0 Å². The molecule has 5 heterocycles. The number of amides is 1. The highest BCUT2D eigenvalue weighted by atomic mass is 16.5. The molecule has 0 spiro atoms. The summed E-state index contributed by atoms with van der Waals surface area (Å²) in [5, 5.41) is 0. The number of carbonyl (C=O) groups excluding carboxylic acids is 1. The first-order valence-corrected chi connectivity index (χ1v) is 11.2. The summed E-state index contributed by atoms with van der Waals surface area (Å²) in [7, 11) is 1.54. The maximum Gasteiger partial charge on any atom is 0.291 e. The van der Waals surface area contributed by atoms with Gasteiger partial charge in [-0.1, -0.05) is 0 Å². The molecule has 5 rings (SSSR count). The first kappa shape index (κ1) is 21.9. The van der Waals surface area contributed by atoms with Gasteiger partial charge in [0, 0.05) is 32.9 Å². The van der Waals surface area contributed by atoms with Crippen LogP contribution in [0.15, 0.2) is 23.0 Å². The van der Waals surface area contributed by atoms with Crippen LogP contribution in [0.3, 0.4) is 0 Å². The van der Waals surface area contributed by atoms with E-state index < -0.39 is 0 Å². The van der Waals surface area contributed by atoms with Gasteiger partial charge in [-0.2, -0.15) is 0 Å². The average molecular weight is 466 g/mol. The lowest BCUT2D eigenvalue weighted by atomic mass is 10.1. The monoisotopic (exact) mass is 465 g/mol. The molecule has 0 radical (unpaired) electrons. The maximum atomic E-state index is 12.9. The van der Waals surface area contributed by atoms with Crippen molar-refractivity contribution < 1.29 is 18.7 Å². The van der Waals surface area contributed by atoms with Crippen LogP contribution in [-0.2, 0) is 13.0 Å². The second kappa shape index (κ2) is 8.81. The number of rotatable bonds is 5. The number of oxazole rings is 1. The Balaban J connectivity index is 1.30. The van der Waals surface area contributed by atoms with Gasteiger partial charge in [0.2, 0.25) is 17.5 Å². The Morgan fingerprint density at radius 2 is 2.06 bits per heavy atom. The lowest BCUT2D eigenvalue weighted by molar-refractivity contribution is 0.0737. The van der Waals surface area contributed by atoms with Crippen molar-refractivity contribution >= 4 is 17.3 Å². The van der Waals surface area contributed by atoms with Crippen molar-refractivity contribution in [2.45, 2.75) is 39.3 Å². The van der Waals surface area contributed by atoms with Gasteiger partial charge in [0.25, 0.3) is 5.91 Å². The second-order valence-electron chi connectivity index (χ2n) is 8.49. The van der Waals surface area contributed by atoms with Gasteiger partial charge in [-0.3, -0.25) is 4.79 Å². The van der Waals surface area contributed by atoms with E-state index in [-0.39, 0.29) is 12.0 Å². The number of carbonyl (C=O) groups is 1. The largest absolute Gasteiger partial charge is 0.480 e. The van der Waals surface area contributed by atoms with Crippen LogP contribution in [0, 0.1) is 13.8 Å². The molecule has 178 valence electrons. The first-order chi connectivity index (χ1) is 16.4. The molecule has 1 saturated heterocycles. The molecule has 3 aromatic rings. The van der Waals surface area contributed by atoms with E-state index in [9.17, 15) is 4.79 Å². The van der Waals surface area contributed by atoms with E-state index in [0.29, 0.717) is 60.8 Å². The van der Waals surface area contributed by atoms with Crippen molar-refractivity contribution in [2.75, 3.05) is 37.4 Å². The number of methoxy groups -OCH3 is 1. The van der Waals surface area contributed by atoms with Gasteiger partial charge < -0.3 is 29.4 Å². The Hall–Kier alpha value is -3.89. The molecule has 3 aromatic heterocycles. The summed E-state index contributed by atoms with van der Waals surface area (Å²) in [6.07, 6.45) is 4.58. The van der Waals surface area contributed by atoms with Crippen LogP contribution in [-0.4, -0.2) is 63.6 Å². The Labute approximate surface area is 196 Å². The van der Waals surface area contributed by atoms with Crippen molar-refractivity contribution in [1.82, 2.24) is 24.8 Å². The number of ether oxygens (including phenoxy) is 2. The van der Waals surface area contributed by atoms with Crippen molar-refractivity contribution in [2.24, 2.45) is 0 Å². The first-order valence-electron chi connectivity index (χ1n) is 11.2. The van der Waals surface area contributed by atoms with Gasteiger partial charge in [0.1, 0.15) is 12.4 Å². The third-order valence-corrected chi connectivity index (χ3v) is 6.19. The van der Waals surface area contributed by atoms with Gasteiger partial charge in [-0.25, -0.2) is 19.9 Å². The van der Waals surface area contributed by atoms with Gasteiger partial charge in [0.15, 0.2) is 5.89 Å². The Morgan fingerprint density at radius 1 is 1.21 bits per heavy atom. The minimum Gasteiger partial charge on any atom is -0.480 e. The van der Waals surface area contributed by atoms with Crippen molar-refractivity contribution in [3.05, 3.63) is 47.2 Å². The SMILES string of the molecule is COc1ncc(N2CCc3ncnc(OC4CCN(C(=O)c5oc(C)nc5C)C4)c3C2)cc1N. The summed E-state index contributed by atoms with van der Waals surface area (Å²) in [6, 6.07) is 1.86.